The number of likely N-dealkylation sites (tertiary alicyclic amines) is 1. The second-order valence-electron chi connectivity index (χ2n) is 6.43. The van der Waals surface area contributed by atoms with Crippen molar-refractivity contribution in [2.24, 2.45) is 0 Å². The molecule has 0 bridgehead atoms. The lowest BCUT2D eigenvalue weighted by Gasteiger charge is -2.16. The number of ether oxygens (including phenoxy) is 1. The van der Waals surface area contributed by atoms with Crippen molar-refractivity contribution < 1.29 is 9.53 Å². The third-order valence-corrected chi connectivity index (χ3v) is 4.71. The van der Waals surface area contributed by atoms with Gasteiger partial charge in [0, 0.05) is 19.0 Å². The largest absolute Gasteiger partial charge is 0.364 e. The highest BCUT2D eigenvalue weighted by Gasteiger charge is 2.27. The van der Waals surface area contributed by atoms with E-state index in [9.17, 15) is 4.79 Å². The maximum atomic E-state index is 12.4. The summed E-state index contributed by atoms with van der Waals surface area (Å²) in [5.74, 6) is 1.23. The van der Waals surface area contributed by atoms with Crippen LogP contribution < -0.4 is 0 Å². The standard InChI is InChI=1S/C20H21N3O2/c24-20(23-11-10-16(12-23)15-6-2-1-3-7-15)14-25-13-19-21-17-8-4-5-9-18(17)22-19/h1-9,16H,10-14H2,(H,21,22). The highest BCUT2D eigenvalue weighted by molar-refractivity contribution is 5.78. The number of aromatic nitrogens is 2. The fourth-order valence-electron chi connectivity index (χ4n) is 3.38. The molecule has 2 aromatic carbocycles. The van der Waals surface area contributed by atoms with Crippen molar-refractivity contribution in [2.45, 2.75) is 18.9 Å². The molecule has 2 heterocycles. The molecule has 1 N–H and O–H groups in total. The smallest absolute Gasteiger partial charge is 0.248 e. The van der Waals surface area contributed by atoms with Crippen molar-refractivity contribution in [3.8, 4) is 0 Å². The lowest BCUT2D eigenvalue weighted by atomic mass is 9.99. The number of para-hydroxylation sites is 2. The second kappa shape index (κ2) is 7.07. The first-order valence-corrected chi connectivity index (χ1v) is 8.64. The van der Waals surface area contributed by atoms with Crippen molar-refractivity contribution in [1.29, 1.82) is 0 Å². The minimum absolute atomic E-state index is 0.0505. The summed E-state index contributed by atoms with van der Waals surface area (Å²) in [4.78, 5) is 21.9. The molecule has 0 aliphatic carbocycles. The van der Waals surface area contributed by atoms with Crippen LogP contribution in [0.2, 0.25) is 0 Å². The molecule has 1 atom stereocenters. The van der Waals surface area contributed by atoms with Crippen LogP contribution in [0, 0.1) is 0 Å². The average molecular weight is 335 g/mol. The van der Waals surface area contributed by atoms with Gasteiger partial charge in [-0.25, -0.2) is 4.98 Å². The Morgan fingerprint density at radius 3 is 2.80 bits per heavy atom. The molecule has 1 aliphatic heterocycles. The first-order valence-electron chi connectivity index (χ1n) is 8.64. The van der Waals surface area contributed by atoms with Crippen LogP contribution in [-0.4, -0.2) is 40.5 Å². The van der Waals surface area contributed by atoms with Gasteiger partial charge >= 0.3 is 0 Å². The molecule has 1 unspecified atom stereocenters. The molecule has 0 saturated carbocycles. The van der Waals surface area contributed by atoms with Crippen LogP contribution in [0.5, 0.6) is 0 Å². The zero-order valence-electron chi connectivity index (χ0n) is 14.0. The third-order valence-electron chi connectivity index (χ3n) is 4.71. The SMILES string of the molecule is O=C(COCc1nc2ccccc2[nH]1)N1CCC(c2ccccc2)C1. The first kappa shape index (κ1) is 15.8. The van der Waals surface area contributed by atoms with E-state index in [1.54, 1.807) is 0 Å². The van der Waals surface area contributed by atoms with E-state index in [1.165, 1.54) is 5.56 Å². The van der Waals surface area contributed by atoms with Gasteiger partial charge in [0.2, 0.25) is 5.91 Å². The van der Waals surface area contributed by atoms with E-state index in [1.807, 2.05) is 35.2 Å². The summed E-state index contributed by atoms with van der Waals surface area (Å²) < 4.78 is 5.58. The van der Waals surface area contributed by atoms with Crippen LogP contribution in [0.3, 0.4) is 0 Å². The topological polar surface area (TPSA) is 58.2 Å². The van der Waals surface area contributed by atoms with Crippen molar-refractivity contribution in [3.05, 3.63) is 66.0 Å². The minimum atomic E-state index is 0.0505. The van der Waals surface area contributed by atoms with Gasteiger partial charge < -0.3 is 14.6 Å². The van der Waals surface area contributed by atoms with E-state index in [2.05, 4.69) is 34.2 Å². The summed E-state index contributed by atoms with van der Waals surface area (Å²) in [6.45, 7) is 1.98. The normalized spacial score (nSPS) is 17.3. The molecule has 25 heavy (non-hydrogen) atoms. The molecule has 1 fully saturated rings. The summed E-state index contributed by atoms with van der Waals surface area (Å²) in [5, 5.41) is 0. The predicted molar refractivity (Wildman–Crippen MR) is 96.1 cm³/mol. The van der Waals surface area contributed by atoms with Crippen molar-refractivity contribution >= 4 is 16.9 Å². The maximum Gasteiger partial charge on any atom is 0.248 e. The molecule has 3 aromatic rings. The van der Waals surface area contributed by atoms with Gasteiger partial charge in [-0.15, -0.1) is 0 Å². The summed E-state index contributed by atoms with van der Waals surface area (Å²) in [5.41, 5.74) is 3.20. The fourth-order valence-corrected chi connectivity index (χ4v) is 3.38. The number of aromatic amines is 1. The quantitative estimate of drug-likeness (QED) is 0.779. The van der Waals surface area contributed by atoms with Crippen LogP contribution in [0.1, 0.15) is 23.7 Å². The Morgan fingerprint density at radius 2 is 1.96 bits per heavy atom. The maximum absolute atomic E-state index is 12.4. The third kappa shape index (κ3) is 3.56. The Bertz CT molecular complexity index is 827. The number of hydrogen-bond acceptors (Lipinski definition) is 3. The van der Waals surface area contributed by atoms with E-state index < -0.39 is 0 Å². The Kier molecular flexibility index (Phi) is 4.48. The molecule has 4 rings (SSSR count). The Balaban J connectivity index is 1.28. The number of carbonyl (C=O) groups is 1. The monoisotopic (exact) mass is 335 g/mol. The molecule has 5 heteroatoms. The molecule has 1 saturated heterocycles. The number of benzene rings is 2. The molecule has 0 radical (unpaired) electrons. The van der Waals surface area contributed by atoms with E-state index in [0.717, 1.165) is 36.4 Å². The summed E-state index contributed by atoms with van der Waals surface area (Å²) in [6, 6.07) is 18.2. The van der Waals surface area contributed by atoms with E-state index in [4.69, 9.17) is 4.74 Å². The number of H-pyrrole nitrogens is 1. The first-order chi connectivity index (χ1) is 12.3. The molecule has 1 aromatic heterocycles. The van der Waals surface area contributed by atoms with Crippen LogP contribution in [0.25, 0.3) is 11.0 Å². The number of amides is 1. The number of carbonyl (C=O) groups excluding carboxylic acids is 1. The van der Waals surface area contributed by atoms with E-state index >= 15 is 0 Å². The number of hydrogen-bond donors (Lipinski definition) is 1. The van der Waals surface area contributed by atoms with Crippen LogP contribution in [-0.2, 0) is 16.1 Å². The molecular weight excluding hydrogens is 314 g/mol. The molecule has 1 amide bonds. The fraction of sp³-hybridized carbons (Fsp3) is 0.300. The molecule has 128 valence electrons. The molecule has 1 aliphatic rings. The highest BCUT2D eigenvalue weighted by Crippen LogP contribution is 2.26. The van der Waals surface area contributed by atoms with Crippen molar-refractivity contribution in [3.63, 3.8) is 0 Å². The van der Waals surface area contributed by atoms with Crippen molar-refractivity contribution in [2.75, 3.05) is 19.7 Å². The van der Waals surface area contributed by atoms with Gasteiger partial charge in [0.25, 0.3) is 0 Å². The molecule has 0 spiro atoms. The van der Waals surface area contributed by atoms with E-state index in [0.29, 0.717) is 12.5 Å². The lowest BCUT2D eigenvalue weighted by molar-refractivity contribution is -0.135. The molecular formula is C20H21N3O2. The number of nitrogens with zero attached hydrogens (tertiary/aromatic N) is 2. The Morgan fingerprint density at radius 1 is 1.16 bits per heavy atom. The Hall–Kier alpha value is -2.66. The van der Waals surface area contributed by atoms with Gasteiger partial charge in [-0.1, -0.05) is 42.5 Å². The number of rotatable bonds is 5. The number of nitrogens with one attached hydrogen (secondary N) is 1. The van der Waals surface area contributed by atoms with Crippen LogP contribution >= 0.6 is 0 Å². The number of fused-ring (bicyclic) bond motifs is 1. The van der Waals surface area contributed by atoms with E-state index in [-0.39, 0.29) is 12.5 Å². The summed E-state index contributed by atoms with van der Waals surface area (Å²) in [6.07, 6.45) is 1.01. The van der Waals surface area contributed by atoms with Gasteiger partial charge in [0.05, 0.1) is 11.0 Å². The molecule has 5 nitrogen and oxygen atoms in total. The van der Waals surface area contributed by atoms with Gasteiger partial charge in [0.1, 0.15) is 19.0 Å². The Labute approximate surface area is 146 Å². The van der Waals surface area contributed by atoms with Crippen LogP contribution in [0.15, 0.2) is 54.6 Å². The zero-order valence-corrected chi connectivity index (χ0v) is 14.0. The van der Waals surface area contributed by atoms with Crippen LogP contribution in [0.4, 0.5) is 0 Å². The lowest BCUT2D eigenvalue weighted by Crippen LogP contribution is -2.31. The average Bonchev–Trinajstić information content (AvgIpc) is 3.29. The summed E-state index contributed by atoms with van der Waals surface area (Å²) in [7, 11) is 0. The number of imidazole rings is 1. The van der Waals surface area contributed by atoms with Gasteiger partial charge in [0.15, 0.2) is 0 Å². The van der Waals surface area contributed by atoms with Gasteiger partial charge in [-0.05, 0) is 24.1 Å². The van der Waals surface area contributed by atoms with Crippen molar-refractivity contribution in [1.82, 2.24) is 14.9 Å². The second-order valence-corrected chi connectivity index (χ2v) is 6.43. The highest BCUT2D eigenvalue weighted by atomic mass is 16.5. The predicted octanol–water partition coefficient (Wildman–Crippen LogP) is 3.10. The van der Waals surface area contributed by atoms with Gasteiger partial charge in [-0.3, -0.25) is 4.79 Å². The zero-order chi connectivity index (χ0) is 17.1. The van der Waals surface area contributed by atoms with Gasteiger partial charge in [-0.2, -0.15) is 0 Å². The minimum Gasteiger partial charge on any atom is -0.364 e. The summed E-state index contributed by atoms with van der Waals surface area (Å²) >= 11 is 0.